The summed E-state index contributed by atoms with van der Waals surface area (Å²) < 4.78 is 0. The maximum Gasteiger partial charge on any atom is 0.344 e. The van der Waals surface area contributed by atoms with E-state index in [1.807, 2.05) is 0 Å². The molecule has 3 fully saturated rings. The fraction of sp³-hybridized carbons (Fsp3) is 0.778. The number of hydrogen-bond donors (Lipinski definition) is 1. The van der Waals surface area contributed by atoms with Crippen molar-refractivity contribution in [2.24, 2.45) is 5.92 Å². The van der Waals surface area contributed by atoms with Crippen LogP contribution in [0.1, 0.15) is 6.42 Å². The van der Waals surface area contributed by atoms with Crippen molar-refractivity contribution in [1.82, 2.24) is 14.9 Å². The Kier molecular flexibility index (Phi) is 1.57. The van der Waals surface area contributed by atoms with Gasteiger partial charge in [0.25, 0.3) is 0 Å². The van der Waals surface area contributed by atoms with Gasteiger partial charge in [-0.05, 0) is 6.42 Å². The number of urea groups is 1. The van der Waals surface area contributed by atoms with Crippen LogP contribution in [0, 0.1) is 5.92 Å². The summed E-state index contributed by atoms with van der Waals surface area (Å²) in [4.78, 5) is 26.6. The second-order valence-electron chi connectivity index (χ2n) is 4.59. The van der Waals surface area contributed by atoms with Crippen LogP contribution < -0.4 is 0 Å². The lowest BCUT2D eigenvalue weighted by atomic mass is 9.91. The van der Waals surface area contributed by atoms with Gasteiger partial charge >= 0.3 is 6.03 Å². The third-order valence-corrected chi connectivity index (χ3v) is 3.69. The molecule has 0 aliphatic carbocycles. The van der Waals surface area contributed by atoms with E-state index in [0.717, 1.165) is 11.5 Å². The summed E-state index contributed by atoms with van der Waals surface area (Å²) in [6, 6.07) is -0.884. The molecule has 6 nitrogen and oxygen atoms in total. The molecule has 6 heteroatoms. The minimum absolute atomic E-state index is 0.00194. The fourth-order valence-electron chi connectivity index (χ4n) is 2.99. The quantitative estimate of drug-likeness (QED) is 0.541. The van der Waals surface area contributed by atoms with Gasteiger partial charge in [0, 0.05) is 26.1 Å². The molecule has 0 saturated carbocycles. The van der Waals surface area contributed by atoms with E-state index in [-0.39, 0.29) is 23.9 Å². The SMILES string of the molecule is CN1C[C@@H]2C[C@@H]3CN(C(=O)N3O)[C@@H]2C1=O. The summed E-state index contributed by atoms with van der Waals surface area (Å²) in [6.07, 6.45) is 0.722. The number of fused-ring (bicyclic) bond motifs is 4. The highest BCUT2D eigenvalue weighted by atomic mass is 16.5. The Hall–Kier alpha value is -1.30. The molecule has 3 saturated heterocycles. The van der Waals surface area contributed by atoms with Gasteiger partial charge in [0.15, 0.2) is 0 Å². The molecule has 3 atom stereocenters. The Morgan fingerprint density at radius 3 is 2.80 bits per heavy atom. The molecule has 2 bridgehead atoms. The highest BCUT2D eigenvalue weighted by Crippen LogP contribution is 2.37. The number of carbonyl (C=O) groups is 2. The van der Waals surface area contributed by atoms with Gasteiger partial charge in [-0.2, -0.15) is 0 Å². The highest BCUT2D eigenvalue weighted by Gasteiger charge is 2.55. The smallest absolute Gasteiger partial charge is 0.344 e. The Bertz CT molecular complexity index is 343. The summed E-state index contributed by atoms with van der Waals surface area (Å²) in [5.41, 5.74) is 0. The highest BCUT2D eigenvalue weighted by molar-refractivity contribution is 5.90. The number of likely N-dealkylation sites (tertiary alicyclic amines) is 1. The van der Waals surface area contributed by atoms with Crippen molar-refractivity contribution in [2.75, 3.05) is 20.1 Å². The average Bonchev–Trinajstić information content (AvgIpc) is 2.61. The maximum absolute atomic E-state index is 11.8. The molecule has 3 amide bonds. The lowest BCUT2D eigenvalue weighted by molar-refractivity contribution is -0.130. The van der Waals surface area contributed by atoms with E-state index in [1.54, 1.807) is 11.9 Å². The van der Waals surface area contributed by atoms with Gasteiger partial charge in [0.2, 0.25) is 5.91 Å². The second kappa shape index (κ2) is 2.63. The molecular weight excluding hydrogens is 198 g/mol. The zero-order chi connectivity index (χ0) is 10.7. The maximum atomic E-state index is 11.8. The van der Waals surface area contributed by atoms with E-state index >= 15 is 0 Å². The standard InChI is InChI=1S/C9H13N3O3/c1-10-3-5-2-6-4-11(7(5)8(10)13)9(14)12(6)15/h5-7,15H,2-4H2,1H3/t5-,6+,7-/m0/s1. The number of nitrogens with zero attached hydrogens (tertiary/aromatic N) is 3. The third-order valence-electron chi connectivity index (χ3n) is 3.69. The van der Waals surface area contributed by atoms with Crippen LogP contribution in [0.15, 0.2) is 0 Å². The van der Waals surface area contributed by atoms with E-state index < -0.39 is 6.03 Å². The van der Waals surface area contributed by atoms with Crippen LogP contribution in [0.2, 0.25) is 0 Å². The average molecular weight is 211 g/mol. The number of rotatable bonds is 0. The predicted octanol–water partition coefficient (Wildman–Crippen LogP) is -0.658. The molecule has 0 aromatic rings. The first-order valence-corrected chi connectivity index (χ1v) is 5.13. The van der Waals surface area contributed by atoms with Gasteiger partial charge in [-0.15, -0.1) is 0 Å². The molecule has 0 aromatic heterocycles. The Morgan fingerprint density at radius 2 is 2.07 bits per heavy atom. The first kappa shape index (κ1) is 8.96. The minimum Gasteiger partial charge on any atom is -0.344 e. The topological polar surface area (TPSA) is 64.1 Å². The van der Waals surface area contributed by atoms with Crippen LogP contribution in [0.5, 0.6) is 0 Å². The van der Waals surface area contributed by atoms with E-state index in [1.165, 1.54) is 4.90 Å². The molecular formula is C9H13N3O3. The normalized spacial score (nSPS) is 39.1. The van der Waals surface area contributed by atoms with Crippen molar-refractivity contribution >= 4 is 11.9 Å². The zero-order valence-corrected chi connectivity index (χ0v) is 8.46. The number of likely N-dealkylation sites (N-methyl/N-ethyl adjacent to an activating group) is 1. The van der Waals surface area contributed by atoms with Crippen LogP contribution >= 0.6 is 0 Å². The molecule has 15 heavy (non-hydrogen) atoms. The molecule has 3 aliphatic rings. The van der Waals surface area contributed by atoms with Gasteiger partial charge in [0.05, 0.1) is 6.04 Å². The molecule has 3 rings (SSSR count). The van der Waals surface area contributed by atoms with Crippen molar-refractivity contribution in [1.29, 1.82) is 0 Å². The molecule has 3 aliphatic heterocycles. The molecule has 0 aromatic carbocycles. The Morgan fingerprint density at radius 1 is 1.33 bits per heavy atom. The Balaban J connectivity index is 1.96. The first-order chi connectivity index (χ1) is 7.09. The number of amides is 3. The Labute approximate surface area is 87.0 Å². The first-order valence-electron chi connectivity index (χ1n) is 5.13. The van der Waals surface area contributed by atoms with Crippen LogP contribution in [0.3, 0.4) is 0 Å². The fourth-order valence-corrected chi connectivity index (χ4v) is 2.99. The van der Waals surface area contributed by atoms with E-state index in [2.05, 4.69) is 0 Å². The van der Waals surface area contributed by atoms with Crippen LogP contribution in [-0.2, 0) is 4.79 Å². The lowest BCUT2D eigenvalue weighted by Crippen LogP contribution is -2.47. The second-order valence-corrected chi connectivity index (χ2v) is 4.59. The van der Waals surface area contributed by atoms with Crippen molar-refractivity contribution in [3.8, 4) is 0 Å². The van der Waals surface area contributed by atoms with Crippen molar-refractivity contribution in [2.45, 2.75) is 18.5 Å². The van der Waals surface area contributed by atoms with Crippen LogP contribution in [0.4, 0.5) is 4.79 Å². The van der Waals surface area contributed by atoms with Crippen molar-refractivity contribution in [3.05, 3.63) is 0 Å². The molecule has 0 spiro atoms. The third kappa shape index (κ3) is 0.971. The van der Waals surface area contributed by atoms with E-state index in [0.29, 0.717) is 13.1 Å². The van der Waals surface area contributed by atoms with Crippen molar-refractivity contribution < 1.29 is 14.8 Å². The van der Waals surface area contributed by atoms with E-state index in [9.17, 15) is 14.8 Å². The number of hydroxylamine groups is 2. The van der Waals surface area contributed by atoms with Gasteiger partial charge in [0.1, 0.15) is 6.04 Å². The number of carbonyl (C=O) groups excluding carboxylic acids is 2. The van der Waals surface area contributed by atoms with E-state index in [4.69, 9.17) is 0 Å². The molecule has 3 heterocycles. The molecule has 0 radical (unpaired) electrons. The summed E-state index contributed by atoms with van der Waals surface area (Å²) in [5, 5.41) is 10.3. The number of piperidine rings is 1. The van der Waals surface area contributed by atoms with Gasteiger partial charge in [-0.3, -0.25) is 10.0 Å². The van der Waals surface area contributed by atoms with Crippen LogP contribution in [0.25, 0.3) is 0 Å². The van der Waals surface area contributed by atoms with Gasteiger partial charge in [-0.1, -0.05) is 0 Å². The van der Waals surface area contributed by atoms with Gasteiger partial charge < -0.3 is 9.80 Å². The van der Waals surface area contributed by atoms with Crippen molar-refractivity contribution in [3.63, 3.8) is 0 Å². The monoisotopic (exact) mass is 211 g/mol. The summed E-state index contributed by atoms with van der Waals surface area (Å²) in [5.74, 6) is 0.185. The van der Waals surface area contributed by atoms with Gasteiger partial charge in [-0.25, -0.2) is 9.86 Å². The summed E-state index contributed by atoms with van der Waals surface area (Å²) in [6.45, 7) is 1.17. The predicted molar refractivity (Wildman–Crippen MR) is 49.0 cm³/mol. The minimum atomic E-state index is -0.420. The molecule has 82 valence electrons. The van der Waals surface area contributed by atoms with Crippen LogP contribution in [-0.4, -0.2) is 64.2 Å². The number of hydrogen-bond acceptors (Lipinski definition) is 3. The lowest BCUT2D eigenvalue weighted by Gasteiger charge is -2.30. The largest absolute Gasteiger partial charge is 0.344 e. The summed E-state index contributed by atoms with van der Waals surface area (Å²) >= 11 is 0. The molecule has 1 N–H and O–H groups in total. The molecule has 0 unspecified atom stereocenters. The summed E-state index contributed by atoms with van der Waals surface area (Å²) in [7, 11) is 1.76. The zero-order valence-electron chi connectivity index (χ0n) is 8.46.